The van der Waals surface area contributed by atoms with Gasteiger partial charge < -0.3 is 15.4 Å². The van der Waals surface area contributed by atoms with Crippen LogP contribution in [0.25, 0.3) is 0 Å². The van der Waals surface area contributed by atoms with Crippen molar-refractivity contribution in [3.63, 3.8) is 0 Å². The fourth-order valence-corrected chi connectivity index (χ4v) is 2.49. The van der Waals surface area contributed by atoms with Gasteiger partial charge in [0.15, 0.2) is 0 Å². The van der Waals surface area contributed by atoms with E-state index in [-0.39, 0.29) is 5.56 Å². The molecule has 0 spiro atoms. The van der Waals surface area contributed by atoms with Crippen LogP contribution < -0.4 is 10.9 Å². The van der Waals surface area contributed by atoms with Gasteiger partial charge in [0.2, 0.25) is 0 Å². The smallest absolute Gasteiger partial charge is 0.252 e. The van der Waals surface area contributed by atoms with Crippen molar-refractivity contribution in [2.75, 3.05) is 11.9 Å². The number of aliphatic hydroxyl groups is 1. The first kappa shape index (κ1) is 14.1. The Kier molecular flexibility index (Phi) is 3.67. The van der Waals surface area contributed by atoms with E-state index in [0.29, 0.717) is 23.6 Å². The van der Waals surface area contributed by atoms with Crippen molar-refractivity contribution >= 4 is 5.82 Å². The van der Waals surface area contributed by atoms with Crippen LogP contribution in [0.1, 0.15) is 45.4 Å². The Hall–Kier alpha value is -1.36. The summed E-state index contributed by atoms with van der Waals surface area (Å²) in [5.74, 6) is 1.10. The normalized spacial score (nSPS) is 21.1. The lowest BCUT2D eigenvalue weighted by molar-refractivity contribution is -0.0145. The van der Waals surface area contributed by atoms with Crippen molar-refractivity contribution in [3.8, 4) is 0 Å². The molecule has 1 aliphatic rings. The predicted octanol–water partition coefficient (Wildman–Crippen LogP) is 1.82. The minimum atomic E-state index is -0.687. The Morgan fingerprint density at radius 1 is 1.37 bits per heavy atom. The molecule has 0 bridgehead atoms. The number of nitrogens with one attached hydrogen (secondary N) is 2. The first-order chi connectivity index (χ1) is 8.78. The summed E-state index contributed by atoms with van der Waals surface area (Å²) in [5, 5.41) is 13.6. The summed E-state index contributed by atoms with van der Waals surface area (Å²) in [5.41, 5.74) is -0.537. The van der Waals surface area contributed by atoms with Crippen LogP contribution in [-0.2, 0) is 0 Å². The summed E-state index contributed by atoms with van der Waals surface area (Å²) in [6.45, 7) is 6.66. The van der Waals surface area contributed by atoms with Crippen LogP contribution >= 0.6 is 0 Å². The molecule has 0 atom stereocenters. The minimum absolute atomic E-state index is 0.174. The molecule has 2 rings (SSSR count). The van der Waals surface area contributed by atoms with Crippen LogP contribution in [0.15, 0.2) is 10.9 Å². The first-order valence-corrected chi connectivity index (χ1v) is 6.82. The standard InChI is InChI=1S/C14H23N3O2/c1-10-16-11(8-12(18)17-10)15-9-14(19)6-4-13(2,3)5-7-14/h8,19H,4-7,9H2,1-3H3,(H2,15,16,17,18). The van der Waals surface area contributed by atoms with Crippen molar-refractivity contribution in [1.82, 2.24) is 9.97 Å². The number of rotatable bonds is 3. The number of hydrogen-bond donors (Lipinski definition) is 3. The molecule has 0 amide bonds. The van der Waals surface area contributed by atoms with Crippen LogP contribution in [-0.4, -0.2) is 27.2 Å². The van der Waals surface area contributed by atoms with Gasteiger partial charge in [-0.25, -0.2) is 4.98 Å². The molecule has 3 N–H and O–H groups in total. The van der Waals surface area contributed by atoms with Crippen molar-refractivity contribution in [1.29, 1.82) is 0 Å². The largest absolute Gasteiger partial charge is 0.388 e. The molecule has 19 heavy (non-hydrogen) atoms. The van der Waals surface area contributed by atoms with Gasteiger partial charge in [0.1, 0.15) is 11.6 Å². The molecule has 5 heteroatoms. The molecule has 1 heterocycles. The molecule has 5 nitrogen and oxygen atoms in total. The fraction of sp³-hybridized carbons (Fsp3) is 0.714. The number of nitrogens with zero attached hydrogens (tertiary/aromatic N) is 1. The molecule has 1 aromatic heterocycles. The number of aryl methyl sites for hydroxylation is 1. The molecule has 0 saturated heterocycles. The monoisotopic (exact) mass is 265 g/mol. The number of anilines is 1. The Morgan fingerprint density at radius 3 is 2.58 bits per heavy atom. The number of H-pyrrole nitrogens is 1. The van der Waals surface area contributed by atoms with E-state index in [4.69, 9.17) is 0 Å². The maximum absolute atomic E-state index is 11.3. The lowest BCUT2D eigenvalue weighted by atomic mass is 9.71. The molecular formula is C14H23N3O2. The molecule has 0 unspecified atom stereocenters. The number of hydrogen-bond acceptors (Lipinski definition) is 4. The van der Waals surface area contributed by atoms with Crippen LogP contribution in [0.5, 0.6) is 0 Å². The summed E-state index contributed by atoms with van der Waals surface area (Å²) in [7, 11) is 0. The Labute approximate surface area is 113 Å². The molecular weight excluding hydrogens is 242 g/mol. The summed E-state index contributed by atoms with van der Waals surface area (Å²) in [4.78, 5) is 18.1. The van der Waals surface area contributed by atoms with Crippen LogP contribution in [0.2, 0.25) is 0 Å². The summed E-state index contributed by atoms with van der Waals surface area (Å²) in [6, 6.07) is 1.42. The maximum Gasteiger partial charge on any atom is 0.252 e. The van der Waals surface area contributed by atoms with E-state index < -0.39 is 5.60 Å². The SMILES string of the molecule is Cc1nc(NCC2(O)CCC(C)(C)CC2)cc(=O)[nH]1. The van der Waals surface area contributed by atoms with E-state index in [1.165, 1.54) is 6.07 Å². The van der Waals surface area contributed by atoms with Crippen LogP contribution in [0, 0.1) is 12.3 Å². The van der Waals surface area contributed by atoms with Gasteiger partial charge in [0.05, 0.1) is 5.60 Å². The van der Waals surface area contributed by atoms with E-state index in [2.05, 4.69) is 29.1 Å². The summed E-state index contributed by atoms with van der Waals surface area (Å²) < 4.78 is 0. The Bertz CT molecular complexity index is 498. The van der Waals surface area contributed by atoms with Crippen molar-refractivity contribution in [2.45, 2.75) is 52.1 Å². The topological polar surface area (TPSA) is 78.0 Å². The second-order valence-electron chi connectivity index (χ2n) is 6.46. The summed E-state index contributed by atoms with van der Waals surface area (Å²) >= 11 is 0. The van der Waals surface area contributed by atoms with Crippen molar-refractivity contribution in [3.05, 3.63) is 22.2 Å². The number of aromatic amines is 1. The fourth-order valence-electron chi connectivity index (χ4n) is 2.49. The molecule has 0 aliphatic heterocycles. The molecule has 1 aliphatic carbocycles. The second kappa shape index (κ2) is 4.96. The lowest BCUT2D eigenvalue weighted by Crippen LogP contribution is -2.42. The van der Waals surface area contributed by atoms with Gasteiger partial charge in [0.25, 0.3) is 5.56 Å². The third kappa shape index (κ3) is 3.80. The van der Waals surface area contributed by atoms with Gasteiger partial charge in [0, 0.05) is 12.6 Å². The minimum Gasteiger partial charge on any atom is -0.388 e. The average molecular weight is 265 g/mol. The highest BCUT2D eigenvalue weighted by atomic mass is 16.3. The van der Waals surface area contributed by atoms with Gasteiger partial charge in [-0.3, -0.25) is 4.79 Å². The maximum atomic E-state index is 11.3. The van der Waals surface area contributed by atoms with Gasteiger partial charge in [-0.15, -0.1) is 0 Å². The second-order valence-corrected chi connectivity index (χ2v) is 6.46. The van der Waals surface area contributed by atoms with Gasteiger partial charge in [-0.05, 0) is 38.0 Å². The third-order valence-electron chi connectivity index (χ3n) is 3.99. The predicted molar refractivity (Wildman–Crippen MR) is 75.3 cm³/mol. The zero-order chi connectivity index (χ0) is 14.1. The molecule has 0 radical (unpaired) electrons. The quantitative estimate of drug-likeness (QED) is 0.779. The molecule has 1 saturated carbocycles. The zero-order valence-corrected chi connectivity index (χ0v) is 11.9. The van der Waals surface area contributed by atoms with E-state index in [0.717, 1.165) is 25.7 Å². The Balaban J connectivity index is 1.97. The van der Waals surface area contributed by atoms with Gasteiger partial charge in [-0.2, -0.15) is 0 Å². The summed E-state index contributed by atoms with van der Waals surface area (Å²) in [6.07, 6.45) is 3.62. The van der Waals surface area contributed by atoms with Gasteiger partial charge >= 0.3 is 0 Å². The zero-order valence-electron chi connectivity index (χ0n) is 11.9. The highest BCUT2D eigenvalue weighted by molar-refractivity contribution is 5.33. The molecule has 0 aromatic carbocycles. The van der Waals surface area contributed by atoms with Crippen LogP contribution in [0.4, 0.5) is 5.82 Å². The van der Waals surface area contributed by atoms with Crippen molar-refractivity contribution < 1.29 is 5.11 Å². The van der Waals surface area contributed by atoms with E-state index in [1.54, 1.807) is 6.92 Å². The van der Waals surface area contributed by atoms with Gasteiger partial charge in [-0.1, -0.05) is 13.8 Å². The average Bonchev–Trinajstić information content (AvgIpc) is 2.30. The highest BCUT2D eigenvalue weighted by Crippen LogP contribution is 2.40. The van der Waals surface area contributed by atoms with Crippen molar-refractivity contribution in [2.24, 2.45) is 5.41 Å². The lowest BCUT2D eigenvalue weighted by Gasteiger charge is -2.40. The first-order valence-electron chi connectivity index (χ1n) is 6.82. The Morgan fingerprint density at radius 2 is 2.00 bits per heavy atom. The highest BCUT2D eigenvalue weighted by Gasteiger charge is 2.36. The van der Waals surface area contributed by atoms with E-state index in [9.17, 15) is 9.90 Å². The van der Waals surface area contributed by atoms with E-state index >= 15 is 0 Å². The molecule has 1 fully saturated rings. The third-order valence-corrected chi connectivity index (χ3v) is 3.99. The molecule has 1 aromatic rings. The van der Waals surface area contributed by atoms with Crippen LogP contribution in [0.3, 0.4) is 0 Å². The molecule has 106 valence electrons. The van der Waals surface area contributed by atoms with E-state index in [1.807, 2.05) is 0 Å². The number of aromatic nitrogens is 2.